The molecule has 1 N–H and O–H groups in total. The van der Waals surface area contributed by atoms with Gasteiger partial charge in [-0.15, -0.1) is 0 Å². The zero-order valence-corrected chi connectivity index (χ0v) is 13.2. The first-order chi connectivity index (χ1) is 8.94. The van der Waals surface area contributed by atoms with E-state index in [0.717, 1.165) is 25.4 Å². The summed E-state index contributed by atoms with van der Waals surface area (Å²) in [5.74, 6) is 0.665. The predicted molar refractivity (Wildman–Crippen MR) is 80.3 cm³/mol. The highest BCUT2D eigenvalue weighted by Crippen LogP contribution is 2.32. The molecule has 1 unspecified atom stereocenters. The Morgan fingerprint density at radius 2 is 2.16 bits per heavy atom. The molecule has 108 valence electrons. The fourth-order valence-electron chi connectivity index (χ4n) is 2.46. The topological polar surface area (TPSA) is 29.9 Å². The molecule has 0 saturated heterocycles. The monoisotopic (exact) mass is 263 g/mol. The lowest BCUT2D eigenvalue weighted by molar-refractivity contribution is 0.202. The third-order valence-electron chi connectivity index (χ3n) is 4.74. The Morgan fingerprint density at radius 1 is 1.47 bits per heavy atom. The minimum Gasteiger partial charge on any atom is -0.313 e. The quantitative estimate of drug-likeness (QED) is 0.819. The van der Waals surface area contributed by atoms with Crippen molar-refractivity contribution in [2.75, 3.05) is 6.54 Å². The van der Waals surface area contributed by atoms with E-state index in [1.165, 1.54) is 24.2 Å². The summed E-state index contributed by atoms with van der Waals surface area (Å²) in [6, 6.07) is 3.06. The third-order valence-corrected chi connectivity index (χ3v) is 4.74. The SMILES string of the molecule is CCc1cc(CC(C)(CNC2CC2)C(C)C)n(C)n1. The van der Waals surface area contributed by atoms with Crippen molar-refractivity contribution in [1.82, 2.24) is 15.1 Å². The lowest BCUT2D eigenvalue weighted by Crippen LogP contribution is -2.39. The number of aryl methyl sites for hydroxylation is 2. The van der Waals surface area contributed by atoms with Crippen LogP contribution in [0.15, 0.2) is 6.07 Å². The van der Waals surface area contributed by atoms with E-state index in [2.05, 4.69) is 55.9 Å². The standard InChI is InChI=1S/C16H29N3/c1-6-13-9-15(19(5)18-13)10-16(4,12(2)3)11-17-14-7-8-14/h9,12,14,17H,6-8,10-11H2,1-5H3. The maximum Gasteiger partial charge on any atom is 0.0624 e. The van der Waals surface area contributed by atoms with Crippen LogP contribution in [-0.2, 0) is 19.9 Å². The Bertz CT molecular complexity index is 418. The molecule has 1 aromatic heterocycles. The summed E-state index contributed by atoms with van der Waals surface area (Å²) < 4.78 is 2.07. The smallest absolute Gasteiger partial charge is 0.0624 e. The molecule has 0 aliphatic heterocycles. The van der Waals surface area contributed by atoms with Crippen molar-refractivity contribution in [3.8, 4) is 0 Å². The Labute approximate surface area is 117 Å². The first-order valence-corrected chi connectivity index (χ1v) is 7.70. The van der Waals surface area contributed by atoms with Gasteiger partial charge in [0.15, 0.2) is 0 Å². The highest BCUT2D eigenvalue weighted by atomic mass is 15.3. The largest absolute Gasteiger partial charge is 0.313 e. The Balaban J connectivity index is 2.07. The van der Waals surface area contributed by atoms with E-state index in [0.29, 0.717) is 11.3 Å². The summed E-state index contributed by atoms with van der Waals surface area (Å²) in [4.78, 5) is 0. The van der Waals surface area contributed by atoms with Crippen LogP contribution >= 0.6 is 0 Å². The van der Waals surface area contributed by atoms with Crippen LogP contribution in [0.5, 0.6) is 0 Å². The van der Waals surface area contributed by atoms with Crippen molar-refractivity contribution in [3.63, 3.8) is 0 Å². The third kappa shape index (κ3) is 3.59. The molecule has 1 aliphatic rings. The van der Waals surface area contributed by atoms with Gasteiger partial charge in [-0.1, -0.05) is 27.7 Å². The minimum absolute atomic E-state index is 0.307. The number of nitrogens with one attached hydrogen (secondary N) is 1. The molecule has 0 amide bonds. The first kappa shape index (κ1) is 14.6. The zero-order valence-electron chi connectivity index (χ0n) is 13.2. The maximum absolute atomic E-state index is 4.58. The Hall–Kier alpha value is -0.830. The molecule has 0 aromatic carbocycles. The molecule has 19 heavy (non-hydrogen) atoms. The van der Waals surface area contributed by atoms with Crippen LogP contribution in [0.2, 0.25) is 0 Å². The molecule has 1 heterocycles. The second-order valence-corrected chi connectivity index (χ2v) is 6.74. The van der Waals surface area contributed by atoms with Crippen LogP contribution in [0.4, 0.5) is 0 Å². The van der Waals surface area contributed by atoms with Crippen molar-refractivity contribution in [1.29, 1.82) is 0 Å². The predicted octanol–water partition coefficient (Wildman–Crippen LogP) is 2.94. The maximum atomic E-state index is 4.58. The number of nitrogens with zero attached hydrogens (tertiary/aromatic N) is 2. The summed E-state index contributed by atoms with van der Waals surface area (Å²) in [5, 5.41) is 8.29. The minimum atomic E-state index is 0.307. The second kappa shape index (κ2) is 5.66. The van der Waals surface area contributed by atoms with Gasteiger partial charge in [0.1, 0.15) is 0 Å². The normalized spacial score (nSPS) is 18.8. The van der Waals surface area contributed by atoms with Gasteiger partial charge in [-0.05, 0) is 43.1 Å². The molecular weight excluding hydrogens is 234 g/mol. The average molecular weight is 263 g/mol. The van der Waals surface area contributed by atoms with Crippen molar-refractivity contribution in [3.05, 3.63) is 17.5 Å². The van der Waals surface area contributed by atoms with Gasteiger partial charge in [-0.2, -0.15) is 5.10 Å². The van der Waals surface area contributed by atoms with E-state index in [9.17, 15) is 0 Å². The first-order valence-electron chi connectivity index (χ1n) is 7.70. The van der Waals surface area contributed by atoms with Gasteiger partial charge in [0.05, 0.1) is 5.69 Å². The second-order valence-electron chi connectivity index (χ2n) is 6.74. The fourth-order valence-corrected chi connectivity index (χ4v) is 2.46. The van der Waals surface area contributed by atoms with Crippen molar-refractivity contribution >= 4 is 0 Å². The van der Waals surface area contributed by atoms with E-state index in [1.54, 1.807) is 0 Å². The van der Waals surface area contributed by atoms with Gasteiger partial charge >= 0.3 is 0 Å². The van der Waals surface area contributed by atoms with Gasteiger partial charge in [-0.25, -0.2) is 0 Å². The van der Waals surface area contributed by atoms with Gasteiger partial charge < -0.3 is 5.32 Å². The molecule has 1 aromatic rings. The lowest BCUT2D eigenvalue weighted by atomic mass is 9.75. The molecule has 2 rings (SSSR count). The molecule has 0 spiro atoms. The van der Waals surface area contributed by atoms with E-state index in [-0.39, 0.29) is 0 Å². The molecule has 3 heteroatoms. The van der Waals surface area contributed by atoms with Gasteiger partial charge in [-0.3, -0.25) is 4.68 Å². The van der Waals surface area contributed by atoms with Crippen LogP contribution in [0, 0.1) is 11.3 Å². The molecule has 1 saturated carbocycles. The fraction of sp³-hybridized carbons (Fsp3) is 0.812. The highest BCUT2D eigenvalue weighted by Gasteiger charge is 2.32. The van der Waals surface area contributed by atoms with Crippen LogP contribution in [0.1, 0.15) is 51.9 Å². The van der Waals surface area contributed by atoms with Crippen molar-refractivity contribution < 1.29 is 0 Å². The summed E-state index contributed by atoms with van der Waals surface area (Å²) in [6.07, 6.45) is 4.85. The van der Waals surface area contributed by atoms with Crippen LogP contribution in [0.3, 0.4) is 0 Å². The molecule has 1 atom stereocenters. The van der Waals surface area contributed by atoms with E-state index in [4.69, 9.17) is 0 Å². The van der Waals surface area contributed by atoms with E-state index in [1.807, 2.05) is 0 Å². The van der Waals surface area contributed by atoms with Crippen LogP contribution in [-0.4, -0.2) is 22.4 Å². The summed E-state index contributed by atoms with van der Waals surface area (Å²) in [6.45, 7) is 10.4. The Kier molecular flexibility index (Phi) is 4.34. The van der Waals surface area contributed by atoms with Crippen molar-refractivity contribution in [2.45, 2.75) is 59.4 Å². The van der Waals surface area contributed by atoms with Crippen LogP contribution < -0.4 is 5.32 Å². The highest BCUT2D eigenvalue weighted by molar-refractivity contribution is 5.12. The summed E-state index contributed by atoms with van der Waals surface area (Å²) in [7, 11) is 2.07. The van der Waals surface area contributed by atoms with E-state index < -0.39 is 0 Å². The molecule has 3 nitrogen and oxygen atoms in total. The summed E-state index contributed by atoms with van der Waals surface area (Å²) >= 11 is 0. The zero-order chi connectivity index (χ0) is 14.0. The number of hydrogen-bond donors (Lipinski definition) is 1. The molecular formula is C16H29N3. The van der Waals surface area contributed by atoms with E-state index >= 15 is 0 Å². The van der Waals surface area contributed by atoms with Crippen molar-refractivity contribution in [2.24, 2.45) is 18.4 Å². The van der Waals surface area contributed by atoms with Crippen LogP contribution in [0.25, 0.3) is 0 Å². The number of aromatic nitrogens is 2. The number of hydrogen-bond acceptors (Lipinski definition) is 2. The summed E-state index contributed by atoms with van der Waals surface area (Å²) in [5.41, 5.74) is 2.88. The molecule has 0 radical (unpaired) electrons. The number of rotatable bonds is 7. The average Bonchev–Trinajstić information content (AvgIpc) is 3.12. The Morgan fingerprint density at radius 3 is 2.63 bits per heavy atom. The lowest BCUT2D eigenvalue weighted by Gasteiger charge is -2.34. The van der Waals surface area contributed by atoms with Gasteiger partial charge in [0.2, 0.25) is 0 Å². The van der Waals surface area contributed by atoms with Gasteiger partial charge in [0, 0.05) is 25.3 Å². The molecule has 1 fully saturated rings. The van der Waals surface area contributed by atoms with Gasteiger partial charge in [0.25, 0.3) is 0 Å². The molecule has 1 aliphatic carbocycles. The molecule has 0 bridgehead atoms.